The summed E-state index contributed by atoms with van der Waals surface area (Å²) < 4.78 is 0. The highest BCUT2D eigenvalue weighted by Crippen LogP contribution is 2.17. The Morgan fingerprint density at radius 3 is 2.56 bits per heavy atom. The van der Waals surface area contributed by atoms with Gasteiger partial charge in [-0.05, 0) is 25.5 Å². The zero-order chi connectivity index (χ0) is 17.2. The van der Waals surface area contributed by atoms with Crippen LogP contribution in [0.4, 0.5) is 0 Å². The summed E-state index contributed by atoms with van der Waals surface area (Å²) in [5.41, 5.74) is 1.30. The van der Waals surface area contributed by atoms with Crippen LogP contribution in [0.25, 0.3) is 0 Å². The third kappa shape index (κ3) is 8.42. The van der Waals surface area contributed by atoms with Gasteiger partial charge in [0.25, 0.3) is 0 Å². The molecule has 1 heterocycles. The molecule has 2 aromatic rings. The molecular weight excluding hydrogens is 463 g/mol. The minimum Gasteiger partial charge on any atom is -0.356 e. The molecule has 138 valence electrons. The molecule has 2 N–H and O–H groups in total. The van der Waals surface area contributed by atoms with Gasteiger partial charge in [-0.25, -0.2) is 4.98 Å². The minimum atomic E-state index is 0. The molecule has 2 rings (SSSR count). The lowest BCUT2D eigenvalue weighted by molar-refractivity contribution is 0.808. The van der Waals surface area contributed by atoms with Crippen LogP contribution in [-0.2, 0) is 12.8 Å². The van der Waals surface area contributed by atoms with E-state index in [1.54, 1.807) is 18.4 Å². The molecule has 0 saturated heterocycles. The normalized spacial score (nSPS) is 11.1. The predicted octanol–water partition coefficient (Wildman–Crippen LogP) is 4.13. The van der Waals surface area contributed by atoms with Gasteiger partial charge >= 0.3 is 0 Å². The topological polar surface area (TPSA) is 49.3 Å². The summed E-state index contributed by atoms with van der Waals surface area (Å²) in [5, 5.41) is 7.89. The molecule has 7 heteroatoms. The maximum absolute atomic E-state index is 4.44. The number of benzene rings is 1. The number of nitrogens with zero attached hydrogens (tertiary/aromatic N) is 2. The van der Waals surface area contributed by atoms with Crippen molar-refractivity contribution in [2.45, 2.75) is 31.6 Å². The third-order valence-electron chi connectivity index (χ3n) is 3.49. The van der Waals surface area contributed by atoms with Crippen molar-refractivity contribution in [2.75, 3.05) is 25.9 Å². The molecule has 1 aromatic carbocycles. The summed E-state index contributed by atoms with van der Waals surface area (Å²) in [6.45, 7) is 6.01. The van der Waals surface area contributed by atoms with E-state index in [9.17, 15) is 0 Å². The first-order valence-electron chi connectivity index (χ1n) is 8.29. The van der Waals surface area contributed by atoms with E-state index in [-0.39, 0.29) is 24.0 Å². The average Bonchev–Trinajstić information content (AvgIpc) is 3.06. The first-order chi connectivity index (χ1) is 11.7. The minimum absolute atomic E-state index is 0. The number of halogens is 1. The lowest BCUT2D eigenvalue weighted by Gasteiger charge is -2.11. The van der Waals surface area contributed by atoms with Gasteiger partial charge in [0, 0.05) is 48.3 Å². The highest BCUT2D eigenvalue weighted by Gasteiger charge is 2.02. The monoisotopic (exact) mass is 490 g/mol. The largest absolute Gasteiger partial charge is 0.356 e. The smallest absolute Gasteiger partial charge is 0.191 e. The molecule has 0 saturated carbocycles. The van der Waals surface area contributed by atoms with Gasteiger partial charge in [-0.15, -0.1) is 47.1 Å². The maximum atomic E-state index is 4.44. The van der Waals surface area contributed by atoms with E-state index in [0.717, 1.165) is 37.6 Å². The number of aliphatic imine (C=N–C) groups is 1. The number of thiazole rings is 1. The summed E-state index contributed by atoms with van der Waals surface area (Å²) in [4.78, 5) is 11.4. The van der Waals surface area contributed by atoms with Crippen LogP contribution < -0.4 is 10.6 Å². The van der Waals surface area contributed by atoms with Crippen molar-refractivity contribution in [2.24, 2.45) is 4.99 Å². The van der Waals surface area contributed by atoms with Crippen molar-refractivity contribution in [1.82, 2.24) is 15.6 Å². The second-order valence-corrected chi connectivity index (χ2v) is 7.78. The highest BCUT2D eigenvalue weighted by atomic mass is 127. The zero-order valence-corrected chi connectivity index (χ0v) is 19.0. The summed E-state index contributed by atoms with van der Waals surface area (Å²) in [7, 11) is 1.81. The Kier molecular flexibility index (Phi) is 11.2. The van der Waals surface area contributed by atoms with E-state index in [4.69, 9.17) is 0 Å². The fourth-order valence-electron chi connectivity index (χ4n) is 2.11. The molecule has 1 aromatic heterocycles. The summed E-state index contributed by atoms with van der Waals surface area (Å²) >= 11 is 3.65. The molecular formula is C18H27IN4S2. The molecule has 0 aliphatic heterocycles. The molecule has 0 fully saturated rings. The van der Waals surface area contributed by atoms with E-state index in [0.29, 0.717) is 0 Å². The van der Waals surface area contributed by atoms with Crippen LogP contribution in [0.2, 0.25) is 0 Å². The van der Waals surface area contributed by atoms with Crippen molar-refractivity contribution >= 4 is 53.0 Å². The van der Waals surface area contributed by atoms with Crippen LogP contribution in [0.3, 0.4) is 0 Å². The van der Waals surface area contributed by atoms with Crippen LogP contribution >= 0.6 is 47.1 Å². The molecule has 0 aliphatic rings. The Bertz CT molecular complexity index is 641. The fourth-order valence-corrected chi connectivity index (χ4v) is 3.74. The van der Waals surface area contributed by atoms with Crippen molar-refractivity contribution in [3.63, 3.8) is 0 Å². The second-order valence-electron chi connectivity index (χ2n) is 5.41. The van der Waals surface area contributed by atoms with Gasteiger partial charge in [0.05, 0.1) is 5.01 Å². The molecule has 4 nitrogen and oxygen atoms in total. The average molecular weight is 490 g/mol. The lowest BCUT2D eigenvalue weighted by atomic mass is 10.2. The molecule has 25 heavy (non-hydrogen) atoms. The quantitative estimate of drug-likeness (QED) is 0.192. The summed E-state index contributed by atoms with van der Waals surface area (Å²) in [6.07, 6.45) is 3.98. The van der Waals surface area contributed by atoms with Crippen molar-refractivity contribution < 1.29 is 0 Å². The first kappa shape index (κ1) is 22.2. The number of hydrogen-bond donors (Lipinski definition) is 2. The van der Waals surface area contributed by atoms with Gasteiger partial charge < -0.3 is 10.6 Å². The Labute approximate surface area is 176 Å². The summed E-state index contributed by atoms with van der Waals surface area (Å²) in [6, 6.07) is 8.65. The fraction of sp³-hybridized carbons (Fsp3) is 0.444. The predicted molar refractivity (Wildman–Crippen MR) is 122 cm³/mol. The zero-order valence-electron chi connectivity index (χ0n) is 15.0. The van der Waals surface area contributed by atoms with E-state index < -0.39 is 0 Å². The molecule has 0 bridgehead atoms. The maximum Gasteiger partial charge on any atom is 0.191 e. The van der Waals surface area contributed by atoms with Gasteiger partial charge in [0.2, 0.25) is 0 Å². The van der Waals surface area contributed by atoms with E-state index >= 15 is 0 Å². The van der Waals surface area contributed by atoms with Gasteiger partial charge in [0.15, 0.2) is 5.96 Å². The van der Waals surface area contributed by atoms with Crippen molar-refractivity contribution in [1.29, 1.82) is 0 Å². The number of hydrogen-bond acceptors (Lipinski definition) is 4. The SMILES string of the molecule is CCc1cnc(CCNC(=NC)NCCSc2ccc(C)cc2)s1.I. The molecule has 0 aliphatic carbocycles. The highest BCUT2D eigenvalue weighted by molar-refractivity contribution is 14.0. The Balaban J connectivity index is 0.00000312. The lowest BCUT2D eigenvalue weighted by Crippen LogP contribution is -2.39. The van der Waals surface area contributed by atoms with Crippen LogP contribution in [0.5, 0.6) is 0 Å². The number of thioether (sulfide) groups is 1. The number of guanidine groups is 1. The number of aromatic nitrogens is 1. The van der Waals surface area contributed by atoms with Gasteiger partial charge in [-0.1, -0.05) is 24.6 Å². The number of aryl methyl sites for hydroxylation is 2. The molecule has 0 radical (unpaired) electrons. The first-order valence-corrected chi connectivity index (χ1v) is 10.1. The van der Waals surface area contributed by atoms with Crippen molar-refractivity contribution in [3.8, 4) is 0 Å². The van der Waals surface area contributed by atoms with Crippen LogP contribution in [0.1, 0.15) is 22.4 Å². The van der Waals surface area contributed by atoms with Crippen LogP contribution in [0, 0.1) is 6.92 Å². The molecule has 0 amide bonds. The Hall–Kier alpha value is -0.800. The number of rotatable bonds is 8. The van der Waals surface area contributed by atoms with E-state index in [1.165, 1.54) is 20.3 Å². The van der Waals surface area contributed by atoms with Gasteiger partial charge in [0.1, 0.15) is 0 Å². The van der Waals surface area contributed by atoms with Gasteiger partial charge in [-0.3, -0.25) is 4.99 Å². The van der Waals surface area contributed by atoms with Crippen LogP contribution in [-0.4, -0.2) is 36.8 Å². The molecule has 0 spiro atoms. The molecule has 0 unspecified atom stereocenters. The second kappa shape index (κ2) is 12.5. The standard InChI is InChI=1S/C18H26N4S2.HI/c1-4-15-13-22-17(24-15)9-10-20-18(19-3)21-11-12-23-16-7-5-14(2)6-8-16;/h5-8,13H,4,9-12H2,1-3H3,(H2,19,20,21);1H. The van der Waals surface area contributed by atoms with Crippen LogP contribution in [0.15, 0.2) is 40.4 Å². The number of nitrogens with one attached hydrogen (secondary N) is 2. The van der Waals surface area contributed by atoms with Gasteiger partial charge in [-0.2, -0.15) is 0 Å². The molecule has 0 atom stereocenters. The summed E-state index contributed by atoms with van der Waals surface area (Å²) in [5.74, 6) is 1.86. The van der Waals surface area contributed by atoms with E-state index in [2.05, 4.69) is 58.7 Å². The van der Waals surface area contributed by atoms with E-state index in [1.807, 2.05) is 18.0 Å². The Morgan fingerprint density at radius 2 is 1.92 bits per heavy atom. The Morgan fingerprint density at radius 1 is 1.20 bits per heavy atom. The van der Waals surface area contributed by atoms with Crippen molar-refractivity contribution in [3.05, 3.63) is 45.9 Å². The third-order valence-corrected chi connectivity index (χ3v) is 5.70.